The van der Waals surface area contributed by atoms with Crippen molar-refractivity contribution in [1.29, 1.82) is 0 Å². The van der Waals surface area contributed by atoms with Gasteiger partial charge in [0.05, 0.1) is 37.6 Å². The summed E-state index contributed by atoms with van der Waals surface area (Å²) in [5, 5.41) is 6.39. The highest BCUT2D eigenvalue weighted by Crippen LogP contribution is 2.39. The first kappa shape index (κ1) is 31.0. The topological polar surface area (TPSA) is 85.1 Å². The number of carbonyl (C=O) groups excluding carboxylic acids is 2. The average molecular weight is 600 g/mol. The number of hydrazine groups is 1. The third-order valence-electron chi connectivity index (χ3n) is 7.11. The van der Waals surface area contributed by atoms with Crippen molar-refractivity contribution in [2.75, 3.05) is 33.4 Å². The highest BCUT2D eigenvalue weighted by molar-refractivity contribution is 5.93. The van der Waals surface area contributed by atoms with Crippen LogP contribution in [-0.2, 0) is 38.6 Å². The first-order valence-corrected chi connectivity index (χ1v) is 12.8. The second kappa shape index (κ2) is 12.5. The lowest BCUT2D eigenvalue weighted by molar-refractivity contribution is -0.147. The van der Waals surface area contributed by atoms with Crippen molar-refractivity contribution in [3.8, 4) is 0 Å². The summed E-state index contributed by atoms with van der Waals surface area (Å²) in [6.45, 7) is -0.366. The summed E-state index contributed by atoms with van der Waals surface area (Å²) in [4.78, 5) is 25.2. The molecule has 2 aromatic carbocycles. The fraction of sp³-hybridized carbons (Fsp3) is 0.393. The number of halogens is 6. The number of hydrogen-bond acceptors (Lipinski definition) is 7. The molecule has 1 aliphatic rings. The van der Waals surface area contributed by atoms with Crippen LogP contribution >= 0.6 is 0 Å². The maximum absolute atomic E-state index is 13.3. The van der Waals surface area contributed by atoms with Gasteiger partial charge in [0.25, 0.3) is 0 Å². The number of piperidine rings is 1. The van der Waals surface area contributed by atoms with E-state index in [1.165, 1.54) is 24.4 Å². The van der Waals surface area contributed by atoms with Gasteiger partial charge in [-0.25, -0.2) is 5.01 Å². The zero-order valence-electron chi connectivity index (χ0n) is 22.4. The summed E-state index contributed by atoms with van der Waals surface area (Å²) in [6.07, 6.45) is -7.87. The molecule has 0 bridgehead atoms. The van der Waals surface area contributed by atoms with E-state index in [0.717, 1.165) is 5.56 Å². The fourth-order valence-corrected chi connectivity index (χ4v) is 4.88. The van der Waals surface area contributed by atoms with Crippen molar-refractivity contribution >= 4 is 11.9 Å². The standard InChI is InChI=1S/C28H27F6N3O5/c1-40-24(38)16-37(25(39)23-7-10-35-42-23)36-11-8-26(9-12-36,20-5-3-2-4-6-20)18-41-17-19-13-21(27(29,30)31)15-22(14-19)28(32,33)34/h2-7,10,13-15H,8-9,11-12,16-18H2,1H3. The molecule has 1 saturated heterocycles. The maximum atomic E-state index is 13.3. The molecule has 4 rings (SSSR count). The molecule has 0 unspecified atom stereocenters. The molecule has 0 atom stereocenters. The minimum Gasteiger partial charge on any atom is -0.468 e. The lowest BCUT2D eigenvalue weighted by atomic mass is 9.73. The summed E-state index contributed by atoms with van der Waals surface area (Å²) in [7, 11) is 1.19. The van der Waals surface area contributed by atoms with Gasteiger partial charge >= 0.3 is 24.2 Å². The van der Waals surface area contributed by atoms with E-state index in [4.69, 9.17) is 14.0 Å². The molecular weight excluding hydrogens is 572 g/mol. The number of methoxy groups -OCH3 is 1. The minimum atomic E-state index is -4.96. The highest BCUT2D eigenvalue weighted by atomic mass is 19.4. The second-order valence-electron chi connectivity index (χ2n) is 9.82. The van der Waals surface area contributed by atoms with Crippen LogP contribution in [-0.4, -0.2) is 60.4 Å². The van der Waals surface area contributed by atoms with Gasteiger partial charge in [0.1, 0.15) is 6.54 Å². The van der Waals surface area contributed by atoms with Crippen LogP contribution in [0.15, 0.2) is 65.3 Å². The third-order valence-corrected chi connectivity index (χ3v) is 7.11. The lowest BCUT2D eigenvalue weighted by Gasteiger charge is -2.45. The van der Waals surface area contributed by atoms with E-state index in [2.05, 4.69) is 5.16 Å². The van der Waals surface area contributed by atoms with Gasteiger partial charge in [-0.15, -0.1) is 0 Å². The monoisotopic (exact) mass is 599 g/mol. The molecule has 2 heterocycles. The fourth-order valence-electron chi connectivity index (χ4n) is 4.88. The largest absolute Gasteiger partial charge is 0.468 e. The van der Waals surface area contributed by atoms with E-state index in [0.29, 0.717) is 25.0 Å². The predicted molar refractivity (Wildman–Crippen MR) is 135 cm³/mol. The smallest absolute Gasteiger partial charge is 0.416 e. The van der Waals surface area contributed by atoms with Crippen molar-refractivity contribution in [2.24, 2.45) is 0 Å². The normalized spacial score (nSPS) is 15.8. The van der Waals surface area contributed by atoms with Crippen molar-refractivity contribution in [2.45, 2.75) is 37.2 Å². The minimum absolute atomic E-state index is 0.0184. The van der Waals surface area contributed by atoms with Gasteiger partial charge in [-0.3, -0.25) is 14.6 Å². The van der Waals surface area contributed by atoms with E-state index in [9.17, 15) is 35.9 Å². The van der Waals surface area contributed by atoms with E-state index in [-0.39, 0.29) is 43.6 Å². The van der Waals surface area contributed by atoms with Crippen LogP contribution in [0.1, 0.15) is 45.7 Å². The van der Waals surface area contributed by atoms with Gasteiger partial charge in [-0.2, -0.15) is 26.3 Å². The van der Waals surface area contributed by atoms with Gasteiger partial charge in [-0.1, -0.05) is 35.5 Å². The van der Waals surface area contributed by atoms with Crippen LogP contribution < -0.4 is 0 Å². The molecule has 1 aliphatic heterocycles. The van der Waals surface area contributed by atoms with Gasteiger partial charge < -0.3 is 14.0 Å². The molecule has 3 aromatic rings. The molecule has 8 nitrogen and oxygen atoms in total. The Kier molecular flexibility index (Phi) is 9.26. The van der Waals surface area contributed by atoms with Crippen molar-refractivity contribution in [3.05, 3.63) is 88.8 Å². The summed E-state index contributed by atoms with van der Waals surface area (Å²) in [5.41, 5.74) is -2.92. The molecule has 14 heteroatoms. The number of aromatic nitrogens is 1. The third kappa shape index (κ3) is 7.29. The SMILES string of the molecule is COC(=O)CN(C(=O)c1ccno1)N1CCC(COCc2cc(C(F)(F)F)cc(C(F)(F)F)c2)(c2ccccc2)CC1. The van der Waals surface area contributed by atoms with Crippen LogP contribution in [0.5, 0.6) is 0 Å². The molecule has 1 amide bonds. The molecule has 42 heavy (non-hydrogen) atoms. The van der Waals surface area contributed by atoms with Crippen LogP contribution in [0.2, 0.25) is 0 Å². The molecule has 0 saturated carbocycles. The van der Waals surface area contributed by atoms with Crippen LogP contribution in [0, 0.1) is 0 Å². The number of esters is 1. The van der Waals surface area contributed by atoms with Gasteiger partial charge in [0, 0.05) is 24.6 Å². The zero-order chi connectivity index (χ0) is 30.5. The van der Waals surface area contributed by atoms with E-state index < -0.39 is 47.4 Å². The number of ether oxygens (including phenoxy) is 2. The highest BCUT2D eigenvalue weighted by Gasteiger charge is 2.40. The Morgan fingerprint density at radius 3 is 2.12 bits per heavy atom. The van der Waals surface area contributed by atoms with E-state index in [1.54, 1.807) is 5.01 Å². The Morgan fingerprint density at radius 2 is 1.60 bits per heavy atom. The van der Waals surface area contributed by atoms with Crippen molar-refractivity contribution in [1.82, 2.24) is 15.2 Å². The van der Waals surface area contributed by atoms with E-state index in [1.807, 2.05) is 30.3 Å². The molecule has 0 aliphatic carbocycles. The van der Waals surface area contributed by atoms with Crippen LogP contribution in [0.4, 0.5) is 26.3 Å². The molecule has 0 N–H and O–H groups in total. The summed E-state index contributed by atoms with van der Waals surface area (Å²) < 4.78 is 95.3. The Labute approximate surface area is 236 Å². The number of hydrogen-bond donors (Lipinski definition) is 0. The van der Waals surface area contributed by atoms with Gasteiger partial charge in [0.15, 0.2) is 0 Å². The average Bonchev–Trinajstić information content (AvgIpc) is 3.51. The number of benzene rings is 2. The molecule has 0 spiro atoms. The first-order chi connectivity index (χ1) is 19.8. The molecule has 1 aromatic heterocycles. The molecule has 0 radical (unpaired) electrons. The van der Waals surface area contributed by atoms with Gasteiger partial charge in [0.2, 0.25) is 5.76 Å². The molecule has 226 valence electrons. The first-order valence-electron chi connectivity index (χ1n) is 12.8. The zero-order valence-corrected chi connectivity index (χ0v) is 22.4. The summed E-state index contributed by atoms with van der Waals surface area (Å²) in [6, 6.07) is 11.9. The maximum Gasteiger partial charge on any atom is 0.416 e. The molecule has 1 fully saturated rings. The molecular formula is C28H27F6N3O5. The van der Waals surface area contributed by atoms with Crippen molar-refractivity contribution in [3.63, 3.8) is 0 Å². The summed E-state index contributed by atoms with van der Waals surface area (Å²) in [5.74, 6) is -1.35. The number of amides is 1. The number of nitrogens with zero attached hydrogens (tertiary/aromatic N) is 3. The Balaban J connectivity index is 1.53. The number of alkyl halides is 6. The number of rotatable bonds is 9. The number of carbonyl (C=O) groups is 2. The Bertz CT molecular complexity index is 1320. The van der Waals surface area contributed by atoms with Gasteiger partial charge in [-0.05, 0) is 42.2 Å². The van der Waals surface area contributed by atoms with Crippen LogP contribution in [0.25, 0.3) is 0 Å². The quantitative estimate of drug-likeness (QED) is 0.238. The Morgan fingerprint density at radius 1 is 0.976 bits per heavy atom. The lowest BCUT2D eigenvalue weighted by Crippen LogP contribution is -2.55. The predicted octanol–water partition coefficient (Wildman–Crippen LogP) is 5.49. The van der Waals surface area contributed by atoms with E-state index >= 15 is 0 Å². The van der Waals surface area contributed by atoms with Crippen molar-refractivity contribution < 1.29 is 49.9 Å². The Hall–Kier alpha value is -3.91. The summed E-state index contributed by atoms with van der Waals surface area (Å²) >= 11 is 0. The second-order valence-corrected chi connectivity index (χ2v) is 9.82. The van der Waals surface area contributed by atoms with Crippen LogP contribution in [0.3, 0.4) is 0 Å².